The fourth-order valence-electron chi connectivity index (χ4n) is 1.90. The Labute approximate surface area is 103 Å². The van der Waals surface area contributed by atoms with Crippen LogP contribution in [0, 0.1) is 0 Å². The van der Waals surface area contributed by atoms with E-state index in [9.17, 15) is 4.79 Å². The number of rotatable bonds is 5. The van der Waals surface area contributed by atoms with Crippen molar-refractivity contribution in [1.29, 1.82) is 0 Å². The van der Waals surface area contributed by atoms with Crippen LogP contribution in [0.5, 0.6) is 0 Å². The van der Waals surface area contributed by atoms with Crippen molar-refractivity contribution in [3.05, 3.63) is 28.1 Å². The molecule has 2 aromatic heterocycles. The van der Waals surface area contributed by atoms with Crippen molar-refractivity contribution in [1.82, 2.24) is 14.9 Å². The second kappa shape index (κ2) is 4.58. The van der Waals surface area contributed by atoms with Crippen LogP contribution in [-0.2, 0) is 6.54 Å². The van der Waals surface area contributed by atoms with Gasteiger partial charge in [0.1, 0.15) is 4.83 Å². The number of hydrogen-bond donors (Lipinski definition) is 1. The van der Waals surface area contributed by atoms with E-state index >= 15 is 0 Å². The molecule has 0 unspecified atom stereocenters. The highest BCUT2D eigenvalue weighted by Gasteiger charge is 2.19. The standard InChI is InChI=1S/C12H15N3OS/c16-12-10-4-7-17-11(10)14-8-15(12)6-1-5-13-9-2-3-9/h4,7-9,13H,1-3,5-6H2. The molecule has 17 heavy (non-hydrogen) atoms. The maximum atomic E-state index is 12.0. The van der Waals surface area contributed by atoms with Gasteiger partial charge in [-0.05, 0) is 37.3 Å². The first kappa shape index (κ1) is 10.9. The van der Waals surface area contributed by atoms with Gasteiger partial charge in [0.15, 0.2) is 0 Å². The molecule has 3 rings (SSSR count). The zero-order valence-corrected chi connectivity index (χ0v) is 10.4. The Bertz CT molecular complexity index is 570. The third-order valence-corrected chi connectivity index (χ3v) is 3.86. The van der Waals surface area contributed by atoms with Crippen LogP contribution in [0.3, 0.4) is 0 Å². The van der Waals surface area contributed by atoms with E-state index in [1.165, 1.54) is 24.2 Å². The van der Waals surface area contributed by atoms with Gasteiger partial charge < -0.3 is 5.32 Å². The SMILES string of the molecule is O=c1c2ccsc2ncn1CCCNC1CC1. The summed E-state index contributed by atoms with van der Waals surface area (Å²) in [7, 11) is 0. The van der Waals surface area contributed by atoms with Crippen molar-refractivity contribution in [2.45, 2.75) is 31.8 Å². The third kappa shape index (κ3) is 2.40. The fourth-order valence-corrected chi connectivity index (χ4v) is 2.62. The predicted molar refractivity (Wildman–Crippen MR) is 69.5 cm³/mol. The van der Waals surface area contributed by atoms with Gasteiger partial charge in [0.2, 0.25) is 0 Å². The van der Waals surface area contributed by atoms with Gasteiger partial charge in [0.05, 0.1) is 11.7 Å². The van der Waals surface area contributed by atoms with Crippen molar-refractivity contribution in [3.63, 3.8) is 0 Å². The van der Waals surface area contributed by atoms with Crippen LogP contribution >= 0.6 is 11.3 Å². The molecule has 4 nitrogen and oxygen atoms in total. The first-order valence-electron chi connectivity index (χ1n) is 6.00. The lowest BCUT2D eigenvalue weighted by molar-refractivity contribution is 0.566. The Morgan fingerprint density at radius 1 is 1.53 bits per heavy atom. The van der Waals surface area contributed by atoms with Crippen LogP contribution in [0.1, 0.15) is 19.3 Å². The van der Waals surface area contributed by atoms with Crippen molar-refractivity contribution in [3.8, 4) is 0 Å². The minimum absolute atomic E-state index is 0.0858. The van der Waals surface area contributed by atoms with Gasteiger partial charge in [-0.1, -0.05) is 0 Å². The Kier molecular flexibility index (Phi) is 2.94. The minimum atomic E-state index is 0.0858. The number of aromatic nitrogens is 2. The zero-order valence-electron chi connectivity index (χ0n) is 9.56. The maximum absolute atomic E-state index is 12.0. The van der Waals surface area contributed by atoms with Crippen LogP contribution in [0.15, 0.2) is 22.6 Å². The molecule has 1 aliphatic rings. The van der Waals surface area contributed by atoms with Crippen molar-refractivity contribution in [2.75, 3.05) is 6.54 Å². The maximum Gasteiger partial charge on any atom is 0.262 e. The van der Waals surface area contributed by atoms with Crippen molar-refractivity contribution in [2.24, 2.45) is 0 Å². The Morgan fingerprint density at radius 2 is 2.41 bits per heavy atom. The van der Waals surface area contributed by atoms with E-state index in [1.54, 1.807) is 10.9 Å². The van der Waals surface area contributed by atoms with E-state index in [4.69, 9.17) is 0 Å². The van der Waals surface area contributed by atoms with E-state index in [1.807, 2.05) is 11.4 Å². The molecule has 0 radical (unpaired) electrons. The molecule has 0 amide bonds. The topological polar surface area (TPSA) is 46.9 Å². The van der Waals surface area contributed by atoms with Crippen LogP contribution in [-0.4, -0.2) is 22.1 Å². The summed E-state index contributed by atoms with van der Waals surface area (Å²) in [5.41, 5.74) is 0.0858. The Hall–Kier alpha value is -1.20. The summed E-state index contributed by atoms with van der Waals surface area (Å²) in [6, 6.07) is 2.60. The smallest absolute Gasteiger partial charge is 0.262 e. The van der Waals surface area contributed by atoms with Crippen LogP contribution in [0.2, 0.25) is 0 Å². The normalized spacial score (nSPS) is 15.5. The lowest BCUT2D eigenvalue weighted by Crippen LogP contribution is -2.24. The number of nitrogens with zero attached hydrogens (tertiary/aromatic N) is 2. The summed E-state index contributed by atoms with van der Waals surface area (Å²) >= 11 is 1.51. The van der Waals surface area contributed by atoms with Crippen LogP contribution < -0.4 is 10.9 Å². The van der Waals surface area contributed by atoms with Gasteiger partial charge in [0.25, 0.3) is 5.56 Å². The number of thiophene rings is 1. The number of fused-ring (bicyclic) bond motifs is 1. The zero-order chi connectivity index (χ0) is 11.7. The molecular formula is C12H15N3OS. The van der Waals surface area contributed by atoms with Crippen molar-refractivity contribution < 1.29 is 0 Å². The third-order valence-electron chi connectivity index (χ3n) is 3.04. The van der Waals surface area contributed by atoms with Gasteiger partial charge in [-0.3, -0.25) is 9.36 Å². The van der Waals surface area contributed by atoms with Gasteiger partial charge in [0, 0.05) is 12.6 Å². The molecule has 1 N–H and O–H groups in total. The van der Waals surface area contributed by atoms with E-state index in [0.717, 1.165) is 35.8 Å². The summed E-state index contributed by atoms with van der Waals surface area (Å²) < 4.78 is 1.71. The Morgan fingerprint density at radius 3 is 3.24 bits per heavy atom. The number of hydrogen-bond acceptors (Lipinski definition) is 4. The fraction of sp³-hybridized carbons (Fsp3) is 0.500. The molecular weight excluding hydrogens is 234 g/mol. The van der Waals surface area contributed by atoms with Gasteiger partial charge >= 0.3 is 0 Å². The van der Waals surface area contributed by atoms with E-state index in [2.05, 4.69) is 10.3 Å². The molecule has 0 atom stereocenters. The molecule has 1 saturated carbocycles. The quantitative estimate of drug-likeness (QED) is 0.819. The number of aryl methyl sites for hydroxylation is 1. The molecule has 2 heterocycles. The van der Waals surface area contributed by atoms with Gasteiger partial charge in [-0.15, -0.1) is 11.3 Å². The molecule has 0 aromatic carbocycles. The molecule has 1 aliphatic carbocycles. The second-order valence-corrected chi connectivity index (χ2v) is 5.36. The number of nitrogens with one attached hydrogen (secondary N) is 1. The average Bonchev–Trinajstić information content (AvgIpc) is 3.02. The molecule has 5 heteroatoms. The van der Waals surface area contributed by atoms with E-state index < -0.39 is 0 Å². The largest absolute Gasteiger partial charge is 0.314 e. The summed E-state index contributed by atoms with van der Waals surface area (Å²) in [6.45, 7) is 1.73. The Balaban J connectivity index is 1.66. The lowest BCUT2D eigenvalue weighted by atomic mass is 10.3. The first-order valence-corrected chi connectivity index (χ1v) is 6.88. The summed E-state index contributed by atoms with van der Waals surface area (Å²) in [5.74, 6) is 0. The molecule has 0 spiro atoms. The molecule has 2 aromatic rings. The highest BCUT2D eigenvalue weighted by molar-refractivity contribution is 7.16. The van der Waals surface area contributed by atoms with Gasteiger partial charge in [-0.2, -0.15) is 0 Å². The predicted octanol–water partition coefficient (Wildman–Crippen LogP) is 1.60. The monoisotopic (exact) mass is 249 g/mol. The highest BCUT2D eigenvalue weighted by Crippen LogP contribution is 2.18. The molecule has 0 aliphatic heterocycles. The highest BCUT2D eigenvalue weighted by atomic mass is 32.1. The molecule has 0 saturated heterocycles. The molecule has 90 valence electrons. The molecule has 0 bridgehead atoms. The van der Waals surface area contributed by atoms with Gasteiger partial charge in [-0.25, -0.2) is 4.98 Å². The first-order chi connectivity index (χ1) is 8.34. The summed E-state index contributed by atoms with van der Waals surface area (Å²) in [5, 5.41) is 6.10. The lowest BCUT2D eigenvalue weighted by Gasteiger charge is -2.05. The van der Waals surface area contributed by atoms with Crippen molar-refractivity contribution >= 4 is 21.6 Å². The summed E-state index contributed by atoms with van der Waals surface area (Å²) in [4.78, 5) is 17.2. The summed E-state index contributed by atoms with van der Waals surface area (Å²) in [6.07, 6.45) is 5.26. The van der Waals surface area contributed by atoms with Crippen LogP contribution in [0.25, 0.3) is 10.2 Å². The van der Waals surface area contributed by atoms with E-state index in [-0.39, 0.29) is 5.56 Å². The van der Waals surface area contributed by atoms with E-state index in [0.29, 0.717) is 0 Å². The average molecular weight is 249 g/mol. The van der Waals surface area contributed by atoms with Crippen LogP contribution in [0.4, 0.5) is 0 Å². The second-order valence-electron chi connectivity index (χ2n) is 4.46. The molecule has 1 fully saturated rings. The minimum Gasteiger partial charge on any atom is -0.314 e.